The molecule has 9 nitrogen and oxygen atoms in total. The molecule has 2 aromatic heterocycles. The summed E-state index contributed by atoms with van der Waals surface area (Å²) in [6.45, 7) is 4.69. The van der Waals surface area contributed by atoms with Gasteiger partial charge in [-0.1, -0.05) is 19.9 Å². The minimum Gasteiger partial charge on any atom is -0.356 e. The number of halogens is 3. The molecule has 3 amide bonds. The van der Waals surface area contributed by atoms with Crippen molar-refractivity contribution in [2.45, 2.75) is 38.8 Å². The summed E-state index contributed by atoms with van der Waals surface area (Å²) in [5.41, 5.74) is -0.419. The summed E-state index contributed by atoms with van der Waals surface area (Å²) in [6.07, 6.45) is 0.486. The predicted octanol–water partition coefficient (Wildman–Crippen LogP) is 4.19. The van der Waals surface area contributed by atoms with Gasteiger partial charge in [-0.15, -0.1) is 11.3 Å². The van der Waals surface area contributed by atoms with Gasteiger partial charge in [0.15, 0.2) is 5.01 Å². The molecule has 4 aromatic rings. The van der Waals surface area contributed by atoms with Crippen LogP contribution in [0.4, 0.5) is 13.2 Å². The zero-order valence-electron chi connectivity index (χ0n) is 23.7. The number of Topliss-reactive ketones (excluding diaryl/α,β-unsaturated/α-hetero) is 1. The highest BCUT2D eigenvalue weighted by Gasteiger charge is 2.69. The van der Waals surface area contributed by atoms with E-state index in [2.05, 4.69) is 20.6 Å². The van der Waals surface area contributed by atoms with Crippen molar-refractivity contribution < 1.29 is 32.3 Å². The summed E-state index contributed by atoms with van der Waals surface area (Å²) in [4.78, 5) is 62.3. The molecular weight excluding hydrogens is 595 g/mol. The number of carbonyl (C=O) groups excluding carboxylic acids is 4. The first-order chi connectivity index (χ1) is 21.0. The van der Waals surface area contributed by atoms with Crippen LogP contribution < -0.4 is 10.6 Å². The number of likely N-dealkylation sites (tertiary alicyclic amines) is 1. The predicted molar refractivity (Wildman–Crippen MR) is 155 cm³/mol. The highest BCUT2D eigenvalue weighted by atomic mass is 32.1. The number of aromatic nitrogens is 2. The van der Waals surface area contributed by atoms with Gasteiger partial charge in [-0.2, -0.15) is 0 Å². The number of H-pyrrole nitrogens is 1. The number of hydrogen-bond acceptors (Lipinski definition) is 6. The van der Waals surface area contributed by atoms with Crippen molar-refractivity contribution >= 4 is 56.0 Å². The molecule has 3 fully saturated rings. The Bertz CT molecular complexity index is 1850. The lowest BCUT2D eigenvalue weighted by Crippen LogP contribution is -2.54. The van der Waals surface area contributed by atoms with Crippen LogP contribution in [-0.2, 0) is 9.59 Å². The number of para-hydroxylation sites is 1. The zero-order chi connectivity index (χ0) is 31.1. The Morgan fingerprint density at radius 2 is 1.91 bits per heavy atom. The average molecular weight is 624 g/mol. The molecule has 44 heavy (non-hydrogen) atoms. The lowest BCUT2D eigenvalue weighted by atomic mass is 9.94. The van der Waals surface area contributed by atoms with Gasteiger partial charge in [0.25, 0.3) is 5.91 Å². The SMILES string of the molecule is CC1(C)[C@@H]2[C@@H](C(=O)N[C@@H](C[C@@H]3CCNC3=O)C(=O)c3nc4c(F)cccc4s3)N(C(=O)c3cc4c(F)ccc(F)c4[nH]3)C[C@@H]21. The summed E-state index contributed by atoms with van der Waals surface area (Å²) < 4.78 is 43.6. The van der Waals surface area contributed by atoms with E-state index in [1.807, 2.05) is 13.8 Å². The molecule has 1 saturated carbocycles. The number of amides is 3. The van der Waals surface area contributed by atoms with Gasteiger partial charge in [0, 0.05) is 24.4 Å². The number of nitrogens with zero attached hydrogens (tertiary/aromatic N) is 2. The number of rotatable bonds is 7. The number of aromatic amines is 1. The molecule has 0 unspecified atom stereocenters. The van der Waals surface area contributed by atoms with Crippen molar-refractivity contribution in [2.75, 3.05) is 13.1 Å². The summed E-state index contributed by atoms with van der Waals surface area (Å²) in [6, 6.07) is 5.45. The van der Waals surface area contributed by atoms with Crippen LogP contribution in [0.25, 0.3) is 21.1 Å². The molecule has 0 spiro atoms. The number of piperidine rings is 1. The molecular formula is C31H28F3N5O4S. The van der Waals surface area contributed by atoms with Gasteiger partial charge < -0.3 is 20.5 Å². The van der Waals surface area contributed by atoms with Crippen LogP contribution in [0.15, 0.2) is 36.4 Å². The number of fused-ring (bicyclic) bond motifs is 3. The second-order valence-electron chi connectivity index (χ2n) is 12.4. The molecule has 228 valence electrons. The quantitative estimate of drug-likeness (QED) is 0.267. The van der Waals surface area contributed by atoms with Gasteiger partial charge in [0.2, 0.25) is 17.6 Å². The third-order valence-corrected chi connectivity index (χ3v) is 10.6. The third-order valence-electron chi connectivity index (χ3n) is 9.55. The fraction of sp³-hybridized carbons (Fsp3) is 0.387. The van der Waals surface area contributed by atoms with E-state index in [-0.39, 0.29) is 63.2 Å². The Morgan fingerprint density at radius 3 is 2.61 bits per heavy atom. The lowest BCUT2D eigenvalue weighted by Gasteiger charge is -2.31. The molecule has 3 N–H and O–H groups in total. The van der Waals surface area contributed by atoms with E-state index in [9.17, 15) is 32.3 Å². The maximum Gasteiger partial charge on any atom is 0.271 e. The Hall–Kier alpha value is -4.26. The van der Waals surface area contributed by atoms with E-state index >= 15 is 0 Å². The van der Waals surface area contributed by atoms with Crippen molar-refractivity contribution in [3.63, 3.8) is 0 Å². The van der Waals surface area contributed by atoms with Crippen molar-refractivity contribution in [3.05, 3.63) is 64.6 Å². The van der Waals surface area contributed by atoms with E-state index in [0.29, 0.717) is 17.7 Å². The molecule has 4 heterocycles. The van der Waals surface area contributed by atoms with Gasteiger partial charge >= 0.3 is 0 Å². The number of carbonyl (C=O) groups is 4. The molecule has 7 rings (SSSR count). The lowest BCUT2D eigenvalue weighted by molar-refractivity contribution is -0.127. The second-order valence-corrected chi connectivity index (χ2v) is 13.4. The minimum absolute atomic E-state index is 0.0000771. The van der Waals surface area contributed by atoms with Crippen LogP contribution in [0.2, 0.25) is 0 Å². The summed E-state index contributed by atoms with van der Waals surface area (Å²) >= 11 is 0.999. The van der Waals surface area contributed by atoms with Crippen molar-refractivity contribution in [3.8, 4) is 0 Å². The third kappa shape index (κ3) is 4.47. The molecule has 5 atom stereocenters. The monoisotopic (exact) mass is 623 g/mol. The molecule has 2 saturated heterocycles. The second kappa shape index (κ2) is 10.1. The Morgan fingerprint density at radius 1 is 1.14 bits per heavy atom. The van der Waals surface area contributed by atoms with Crippen LogP contribution >= 0.6 is 11.3 Å². The van der Waals surface area contributed by atoms with E-state index in [1.54, 1.807) is 6.07 Å². The Labute approximate surface area is 253 Å². The standard InChI is InChI=1S/C31H28F3N5O4S/c1-31(2)15-12-39(30(43)20-11-14-16(32)6-7-18(34)23(14)36-20)25(22(15)31)28(42)37-19(10-13-8-9-35-27(13)41)26(40)29-38-24-17(33)4-3-5-21(24)44-29/h3-7,11,13,15,19,22,25,36H,8-10,12H2,1-2H3,(H,35,41)(H,37,42)/t13-,15-,19-,22-,25-/m0/s1. The van der Waals surface area contributed by atoms with E-state index in [1.165, 1.54) is 23.1 Å². The normalized spacial score (nSPS) is 24.4. The Balaban J connectivity index is 1.20. The van der Waals surface area contributed by atoms with Crippen molar-refractivity contribution in [2.24, 2.45) is 23.2 Å². The highest BCUT2D eigenvalue weighted by molar-refractivity contribution is 7.20. The first-order valence-electron chi connectivity index (χ1n) is 14.4. The fourth-order valence-corrected chi connectivity index (χ4v) is 8.00. The molecule has 0 bridgehead atoms. The summed E-state index contributed by atoms with van der Waals surface area (Å²) in [5.74, 6) is -4.68. The first kappa shape index (κ1) is 28.5. The first-order valence-corrected chi connectivity index (χ1v) is 15.2. The largest absolute Gasteiger partial charge is 0.356 e. The number of ketones is 1. The zero-order valence-corrected chi connectivity index (χ0v) is 24.6. The van der Waals surface area contributed by atoms with Crippen LogP contribution in [0.5, 0.6) is 0 Å². The molecule has 0 radical (unpaired) electrons. The van der Waals surface area contributed by atoms with E-state index in [0.717, 1.165) is 23.5 Å². The van der Waals surface area contributed by atoms with Crippen molar-refractivity contribution in [1.82, 2.24) is 25.5 Å². The molecule has 1 aliphatic carbocycles. The molecule has 3 aliphatic rings. The maximum atomic E-state index is 14.4. The van der Waals surface area contributed by atoms with Gasteiger partial charge in [-0.05, 0) is 60.4 Å². The van der Waals surface area contributed by atoms with Crippen LogP contribution in [0.1, 0.15) is 47.0 Å². The topological polar surface area (TPSA) is 124 Å². The maximum absolute atomic E-state index is 14.4. The number of thiazole rings is 1. The van der Waals surface area contributed by atoms with E-state index in [4.69, 9.17) is 0 Å². The van der Waals surface area contributed by atoms with Crippen LogP contribution in [0, 0.1) is 40.6 Å². The fourth-order valence-electron chi connectivity index (χ4n) is 7.03. The van der Waals surface area contributed by atoms with Gasteiger partial charge in [-0.25, -0.2) is 18.2 Å². The number of nitrogens with one attached hydrogen (secondary N) is 3. The summed E-state index contributed by atoms with van der Waals surface area (Å²) in [7, 11) is 0. The van der Waals surface area contributed by atoms with Crippen molar-refractivity contribution in [1.29, 1.82) is 0 Å². The molecule has 2 aliphatic heterocycles. The van der Waals surface area contributed by atoms with Crippen LogP contribution in [-0.4, -0.2) is 63.5 Å². The van der Waals surface area contributed by atoms with Gasteiger partial charge in [-0.3, -0.25) is 19.2 Å². The van der Waals surface area contributed by atoms with Gasteiger partial charge in [0.1, 0.15) is 34.7 Å². The Kier molecular flexibility index (Phi) is 6.57. The number of hydrogen-bond donors (Lipinski definition) is 3. The average Bonchev–Trinajstić information content (AvgIpc) is 3.64. The summed E-state index contributed by atoms with van der Waals surface area (Å²) in [5, 5.41) is 5.48. The highest BCUT2D eigenvalue weighted by Crippen LogP contribution is 2.65. The number of benzene rings is 2. The van der Waals surface area contributed by atoms with E-state index < -0.39 is 53.1 Å². The molecule has 13 heteroatoms. The smallest absolute Gasteiger partial charge is 0.271 e. The van der Waals surface area contributed by atoms with Gasteiger partial charge in [0.05, 0.1) is 16.3 Å². The van der Waals surface area contributed by atoms with Crippen LogP contribution in [0.3, 0.4) is 0 Å². The minimum atomic E-state index is -1.16. The molecule has 2 aromatic carbocycles.